The molecule has 28 heavy (non-hydrogen) atoms. The molecule has 146 valence electrons. The lowest BCUT2D eigenvalue weighted by Gasteiger charge is -2.33. The zero-order chi connectivity index (χ0) is 18.9. The quantitative estimate of drug-likeness (QED) is 0.833. The lowest BCUT2D eigenvalue weighted by Crippen LogP contribution is -2.27. The highest BCUT2D eigenvalue weighted by Crippen LogP contribution is 2.38. The van der Waals surface area contributed by atoms with Gasteiger partial charge in [-0.1, -0.05) is 19.3 Å². The molecule has 1 N–H and O–H groups in total. The lowest BCUT2D eigenvalue weighted by molar-refractivity contribution is -0.117. The second-order valence-electron chi connectivity index (χ2n) is 8.30. The summed E-state index contributed by atoms with van der Waals surface area (Å²) in [5.41, 5.74) is 3.42. The van der Waals surface area contributed by atoms with Crippen LogP contribution >= 0.6 is 0 Å². The van der Waals surface area contributed by atoms with E-state index in [1.54, 1.807) is 11.1 Å². The molecule has 5 rings (SSSR count). The minimum absolute atomic E-state index is 0.175. The average molecular weight is 377 g/mol. The van der Waals surface area contributed by atoms with E-state index >= 15 is 0 Å². The zero-order valence-electron chi connectivity index (χ0n) is 16.2. The topological polar surface area (TPSA) is 54.5 Å². The zero-order valence-corrected chi connectivity index (χ0v) is 16.2. The van der Waals surface area contributed by atoms with Crippen molar-refractivity contribution in [2.24, 2.45) is 11.8 Å². The second-order valence-corrected chi connectivity index (χ2v) is 8.30. The van der Waals surface area contributed by atoms with Crippen molar-refractivity contribution in [2.75, 3.05) is 23.3 Å². The van der Waals surface area contributed by atoms with Crippen molar-refractivity contribution >= 4 is 17.3 Å². The highest BCUT2D eigenvalue weighted by Gasteiger charge is 2.28. The summed E-state index contributed by atoms with van der Waals surface area (Å²) in [4.78, 5) is 18.1. The highest BCUT2D eigenvalue weighted by atomic mass is 16.5. The van der Waals surface area contributed by atoms with Gasteiger partial charge in [0.05, 0.1) is 11.9 Å². The summed E-state index contributed by atoms with van der Waals surface area (Å²) in [6.45, 7) is 1.87. The first-order valence-corrected chi connectivity index (χ1v) is 10.6. The number of anilines is 2. The lowest BCUT2D eigenvalue weighted by atomic mass is 9.74. The van der Waals surface area contributed by atoms with Gasteiger partial charge < -0.3 is 15.0 Å². The number of hydrogen-bond acceptors (Lipinski definition) is 4. The van der Waals surface area contributed by atoms with Crippen LogP contribution in [0.3, 0.4) is 0 Å². The van der Waals surface area contributed by atoms with Gasteiger partial charge in [-0.2, -0.15) is 0 Å². The van der Waals surface area contributed by atoms with Crippen molar-refractivity contribution in [1.82, 2.24) is 4.98 Å². The van der Waals surface area contributed by atoms with Gasteiger partial charge in [0.15, 0.2) is 0 Å². The number of aryl methyl sites for hydroxylation is 1. The predicted molar refractivity (Wildman–Crippen MR) is 110 cm³/mol. The molecule has 3 heterocycles. The molecule has 1 unspecified atom stereocenters. The van der Waals surface area contributed by atoms with Gasteiger partial charge in [-0.05, 0) is 60.9 Å². The van der Waals surface area contributed by atoms with Gasteiger partial charge in [0, 0.05) is 31.3 Å². The van der Waals surface area contributed by atoms with Gasteiger partial charge in [-0.25, -0.2) is 4.98 Å². The van der Waals surface area contributed by atoms with Crippen LogP contribution in [0.15, 0.2) is 36.5 Å². The fourth-order valence-corrected chi connectivity index (χ4v) is 4.64. The number of amides is 1. The molecule has 2 fully saturated rings. The van der Waals surface area contributed by atoms with Crippen molar-refractivity contribution in [2.45, 2.75) is 44.9 Å². The summed E-state index contributed by atoms with van der Waals surface area (Å²) in [6.07, 6.45) is 9.85. The number of ether oxygens (including phenoxy) is 1. The molecule has 3 aliphatic rings. The molecule has 2 aromatic rings. The molecule has 5 heteroatoms. The molecule has 1 saturated carbocycles. The SMILES string of the molecule is O=C1CCCN1c1ccc(Oc2ccc3c(c2)CCC(C2CCC2)CN3)nc1. The maximum Gasteiger partial charge on any atom is 0.227 e. The van der Waals surface area contributed by atoms with Gasteiger partial charge in [0.1, 0.15) is 5.75 Å². The van der Waals surface area contributed by atoms with Crippen molar-refractivity contribution in [3.63, 3.8) is 0 Å². The van der Waals surface area contributed by atoms with E-state index in [-0.39, 0.29) is 5.91 Å². The number of fused-ring (bicyclic) bond motifs is 1. The number of pyridine rings is 1. The smallest absolute Gasteiger partial charge is 0.227 e. The molecule has 0 radical (unpaired) electrons. The molecule has 1 aliphatic carbocycles. The first-order valence-electron chi connectivity index (χ1n) is 10.6. The largest absolute Gasteiger partial charge is 0.439 e. The number of nitrogens with zero attached hydrogens (tertiary/aromatic N) is 2. The minimum Gasteiger partial charge on any atom is -0.439 e. The standard InChI is InChI=1S/C23H27N3O2/c27-23-5-2-12-26(23)19-8-11-22(25-15-19)28-20-9-10-21-17(13-20)6-7-18(14-24-21)16-3-1-4-16/h8-11,13,15-16,18,24H,1-7,12,14H2. The molecule has 2 aliphatic heterocycles. The van der Waals surface area contributed by atoms with E-state index in [2.05, 4.69) is 22.4 Å². The third kappa shape index (κ3) is 3.46. The van der Waals surface area contributed by atoms with Gasteiger partial charge in [0.2, 0.25) is 11.8 Å². The number of aromatic nitrogens is 1. The van der Waals surface area contributed by atoms with Crippen molar-refractivity contribution < 1.29 is 9.53 Å². The number of hydrogen-bond donors (Lipinski definition) is 1. The predicted octanol–water partition coefficient (Wildman–Crippen LogP) is 4.78. The Morgan fingerprint density at radius 2 is 1.96 bits per heavy atom. The van der Waals surface area contributed by atoms with Crippen LogP contribution in [0.4, 0.5) is 11.4 Å². The highest BCUT2D eigenvalue weighted by molar-refractivity contribution is 5.95. The molecule has 1 aromatic heterocycles. The Labute approximate surface area is 166 Å². The summed E-state index contributed by atoms with van der Waals surface area (Å²) in [5.74, 6) is 3.27. The van der Waals surface area contributed by atoms with Gasteiger partial charge in [-0.3, -0.25) is 4.79 Å². The molecule has 5 nitrogen and oxygen atoms in total. The molecular formula is C23H27N3O2. The fraction of sp³-hybridized carbons (Fsp3) is 0.478. The van der Waals surface area contributed by atoms with Crippen molar-refractivity contribution in [1.29, 1.82) is 0 Å². The van der Waals surface area contributed by atoms with Crippen LogP contribution in [0.5, 0.6) is 11.6 Å². The minimum atomic E-state index is 0.175. The second kappa shape index (κ2) is 7.46. The summed E-state index contributed by atoms with van der Waals surface area (Å²) in [7, 11) is 0. The Bertz CT molecular complexity index is 861. The molecule has 1 saturated heterocycles. The normalized spacial score (nSPS) is 22.2. The molecular weight excluding hydrogens is 350 g/mol. The van der Waals surface area contributed by atoms with E-state index in [0.717, 1.165) is 49.2 Å². The third-order valence-corrected chi connectivity index (χ3v) is 6.56. The number of carbonyl (C=O) groups excluding carboxylic acids is 1. The summed E-state index contributed by atoms with van der Waals surface area (Å²) < 4.78 is 5.99. The fourth-order valence-electron chi connectivity index (χ4n) is 4.64. The van der Waals surface area contributed by atoms with Crippen LogP contribution < -0.4 is 15.0 Å². The van der Waals surface area contributed by atoms with E-state index in [0.29, 0.717) is 12.3 Å². The first kappa shape index (κ1) is 17.5. The maximum absolute atomic E-state index is 11.9. The Kier molecular flexibility index (Phi) is 4.67. The van der Waals surface area contributed by atoms with E-state index in [1.165, 1.54) is 36.9 Å². The Balaban J connectivity index is 1.26. The van der Waals surface area contributed by atoms with Gasteiger partial charge in [0.25, 0.3) is 0 Å². The summed E-state index contributed by atoms with van der Waals surface area (Å²) >= 11 is 0. The van der Waals surface area contributed by atoms with Crippen LogP contribution in [0.1, 0.15) is 44.1 Å². The molecule has 1 amide bonds. The van der Waals surface area contributed by atoms with E-state index in [4.69, 9.17) is 4.74 Å². The Hall–Kier alpha value is -2.56. The van der Waals surface area contributed by atoms with E-state index < -0.39 is 0 Å². The number of rotatable bonds is 4. The Morgan fingerprint density at radius 3 is 2.68 bits per heavy atom. The molecule has 1 aromatic carbocycles. The van der Waals surface area contributed by atoms with Crippen LogP contribution in [-0.2, 0) is 11.2 Å². The van der Waals surface area contributed by atoms with Crippen molar-refractivity contribution in [3.05, 3.63) is 42.1 Å². The number of nitrogens with one attached hydrogen (secondary N) is 1. The van der Waals surface area contributed by atoms with Crippen LogP contribution in [0.2, 0.25) is 0 Å². The van der Waals surface area contributed by atoms with Crippen molar-refractivity contribution in [3.8, 4) is 11.6 Å². The Morgan fingerprint density at radius 1 is 1.04 bits per heavy atom. The molecule has 1 atom stereocenters. The van der Waals surface area contributed by atoms with E-state index in [1.807, 2.05) is 18.2 Å². The first-order chi connectivity index (χ1) is 13.8. The molecule has 0 spiro atoms. The van der Waals surface area contributed by atoms with Gasteiger partial charge >= 0.3 is 0 Å². The third-order valence-electron chi connectivity index (χ3n) is 6.56. The summed E-state index contributed by atoms with van der Waals surface area (Å²) in [6, 6.07) is 10.0. The summed E-state index contributed by atoms with van der Waals surface area (Å²) in [5, 5.41) is 3.65. The maximum atomic E-state index is 11.9. The number of benzene rings is 1. The van der Waals surface area contributed by atoms with Gasteiger partial charge in [-0.15, -0.1) is 0 Å². The van der Waals surface area contributed by atoms with Crippen LogP contribution in [-0.4, -0.2) is 24.0 Å². The molecule has 0 bridgehead atoms. The number of carbonyl (C=O) groups is 1. The van der Waals surface area contributed by atoms with Crippen LogP contribution in [0, 0.1) is 11.8 Å². The average Bonchev–Trinajstić information content (AvgIpc) is 2.99. The monoisotopic (exact) mass is 377 g/mol. The van der Waals surface area contributed by atoms with Crippen LogP contribution in [0.25, 0.3) is 0 Å². The van der Waals surface area contributed by atoms with E-state index in [9.17, 15) is 4.79 Å².